The van der Waals surface area contributed by atoms with Crippen molar-refractivity contribution in [3.05, 3.63) is 125 Å². The molecule has 20 heteroatoms. The molecule has 4 aromatic carbocycles. The second kappa shape index (κ2) is 14.7. The molecule has 0 atom stereocenters. The van der Waals surface area contributed by atoms with Gasteiger partial charge in [0.25, 0.3) is 22.7 Å². The minimum absolute atomic E-state index is 0.0311. The summed E-state index contributed by atoms with van der Waals surface area (Å²) in [5, 5.41) is 71.1. The summed E-state index contributed by atoms with van der Waals surface area (Å²) >= 11 is 0. The van der Waals surface area contributed by atoms with Gasteiger partial charge in [0, 0.05) is 24.3 Å². The summed E-state index contributed by atoms with van der Waals surface area (Å²) < 4.78 is 0. The molecule has 46 heavy (non-hydrogen) atoms. The normalized spacial score (nSPS) is 9.91. The van der Waals surface area contributed by atoms with Gasteiger partial charge in [-0.15, -0.1) is 0 Å². The Hall–Kier alpha value is -7.38. The lowest BCUT2D eigenvalue weighted by molar-refractivity contribution is -0.385. The summed E-state index contributed by atoms with van der Waals surface area (Å²) in [7, 11) is 0. The zero-order chi connectivity index (χ0) is 34.0. The quantitative estimate of drug-likeness (QED) is 0.0770. The maximum atomic E-state index is 11.8. The van der Waals surface area contributed by atoms with E-state index in [1.807, 2.05) is 0 Å². The van der Waals surface area contributed by atoms with Crippen LogP contribution < -0.4 is 21.3 Å². The van der Waals surface area contributed by atoms with Gasteiger partial charge in [-0.3, -0.25) is 40.5 Å². The number of aromatic hydroxyl groups is 2. The fourth-order valence-corrected chi connectivity index (χ4v) is 3.51. The number of para-hydroxylation sites is 4. The van der Waals surface area contributed by atoms with Gasteiger partial charge in [-0.1, -0.05) is 24.3 Å². The SMILES string of the molecule is O=C(Nc1ccc([N+](=O)[O-])cc1O)Nc1ccccc1[N+](=O)[O-].O=C(Nc1ccc([N+](=O)[O-])cc1O)Nc1ccccc1[N+](=O)[O-]. The van der Waals surface area contributed by atoms with Crippen LogP contribution in [0.5, 0.6) is 11.5 Å². The van der Waals surface area contributed by atoms with E-state index in [0.717, 1.165) is 36.4 Å². The maximum Gasteiger partial charge on any atom is 0.323 e. The summed E-state index contributed by atoms with van der Waals surface area (Å²) in [5.74, 6) is -1.01. The Labute approximate surface area is 255 Å². The summed E-state index contributed by atoms with van der Waals surface area (Å²) in [4.78, 5) is 63.8. The number of anilines is 4. The molecule has 4 aromatic rings. The van der Waals surface area contributed by atoms with Crippen LogP contribution >= 0.6 is 0 Å². The van der Waals surface area contributed by atoms with Gasteiger partial charge in [-0.2, -0.15) is 0 Å². The van der Waals surface area contributed by atoms with Gasteiger partial charge in [0.2, 0.25) is 0 Å². The first-order valence-corrected chi connectivity index (χ1v) is 12.3. The van der Waals surface area contributed by atoms with E-state index in [0.29, 0.717) is 0 Å². The van der Waals surface area contributed by atoms with E-state index < -0.39 is 43.3 Å². The number of amides is 4. The average molecular weight is 636 g/mol. The molecule has 0 saturated carbocycles. The summed E-state index contributed by atoms with van der Waals surface area (Å²) in [6, 6.07) is 15.6. The van der Waals surface area contributed by atoms with Gasteiger partial charge in [0.05, 0.1) is 43.2 Å². The van der Waals surface area contributed by atoms with Crippen molar-refractivity contribution in [3.63, 3.8) is 0 Å². The number of nitro benzene ring substituents is 4. The molecule has 0 fully saturated rings. The van der Waals surface area contributed by atoms with Crippen molar-refractivity contribution in [2.45, 2.75) is 0 Å². The molecule has 0 aliphatic heterocycles. The second-order valence-corrected chi connectivity index (χ2v) is 8.62. The number of phenolic OH excluding ortho intramolecular Hbond substituents is 2. The van der Waals surface area contributed by atoms with Gasteiger partial charge < -0.3 is 31.5 Å². The Morgan fingerprint density at radius 2 is 0.804 bits per heavy atom. The van der Waals surface area contributed by atoms with Crippen molar-refractivity contribution in [1.82, 2.24) is 0 Å². The van der Waals surface area contributed by atoms with E-state index in [4.69, 9.17) is 0 Å². The average Bonchev–Trinajstić information content (AvgIpc) is 2.99. The standard InChI is InChI=1S/2C13H10N4O6/c2*18-12-7-8(16(20)21)5-6-10(12)15-13(19)14-9-3-1-2-4-11(9)17(22)23/h2*1-7,18H,(H2,14,15,19). The number of nitro groups is 4. The van der Waals surface area contributed by atoms with E-state index in [9.17, 15) is 60.3 Å². The predicted octanol–water partition coefficient (Wildman–Crippen LogP) is 5.71. The Kier molecular flexibility index (Phi) is 10.6. The van der Waals surface area contributed by atoms with Crippen LogP contribution in [-0.4, -0.2) is 42.0 Å². The zero-order valence-electron chi connectivity index (χ0n) is 22.8. The van der Waals surface area contributed by atoms with Gasteiger partial charge in [-0.25, -0.2) is 9.59 Å². The van der Waals surface area contributed by atoms with Crippen LogP contribution in [0.3, 0.4) is 0 Å². The Bertz CT molecular complexity index is 1720. The third kappa shape index (κ3) is 8.81. The highest BCUT2D eigenvalue weighted by atomic mass is 16.6. The van der Waals surface area contributed by atoms with Crippen LogP contribution in [0.1, 0.15) is 0 Å². The van der Waals surface area contributed by atoms with Crippen molar-refractivity contribution in [2.75, 3.05) is 21.3 Å². The van der Waals surface area contributed by atoms with Crippen molar-refractivity contribution in [1.29, 1.82) is 0 Å². The fraction of sp³-hybridized carbons (Fsp3) is 0. The topological polar surface area (TPSA) is 295 Å². The van der Waals surface area contributed by atoms with E-state index in [1.54, 1.807) is 0 Å². The predicted molar refractivity (Wildman–Crippen MR) is 161 cm³/mol. The molecule has 236 valence electrons. The number of rotatable bonds is 8. The minimum Gasteiger partial charge on any atom is -0.506 e. The fourth-order valence-electron chi connectivity index (χ4n) is 3.51. The summed E-state index contributed by atoms with van der Waals surface area (Å²) in [6.45, 7) is 0. The maximum absolute atomic E-state index is 11.8. The number of urea groups is 2. The molecular weight excluding hydrogens is 616 g/mol. The van der Waals surface area contributed by atoms with E-state index >= 15 is 0 Å². The third-order valence-electron chi connectivity index (χ3n) is 5.58. The number of carbonyl (C=O) groups is 2. The Balaban J connectivity index is 0.000000250. The second-order valence-electron chi connectivity index (χ2n) is 8.62. The largest absolute Gasteiger partial charge is 0.506 e. The number of phenols is 2. The van der Waals surface area contributed by atoms with Gasteiger partial charge in [0.15, 0.2) is 0 Å². The van der Waals surface area contributed by atoms with Crippen LogP contribution in [0.2, 0.25) is 0 Å². The zero-order valence-corrected chi connectivity index (χ0v) is 22.8. The molecule has 0 bridgehead atoms. The van der Waals surface area contributed by atoms with E-state index in [1.165, 1.54) is 48.5 Å². The van der Waals surface area contributed by atoms with Crippen LogP contribution in [-0.2, 0) is 0 Å². The van der Waals surface area contributed by atoms with E-state index in [2.05, 4.69) is 21.3 Å². The van der Waals surface area contributed by atoms with Crippen molar-refractivity contribution in [2.24, 2.45) is 0 Å². The highest BCUT2D eigenvalue weighted by Crippen LogP contribution is 2.30. The molecule has 6 N–H and O–H groups in total. The molecule has 0 saturated heterocycles. The first-order chi connectivity index (χ1) is 21.8. The summed E-state index contributed by atoms with van der Waals surface area (Å²) in [6.07, 6.45) is 0. The summed E-state index contributed by atoms with van der Waals surface area (Å²) in [5.41, 5.74) is -1.49. The minimum atomic E-state index is -0.844. The lowest BCUT2D eigenvalue weighted by Gasteiger charge is -2.09. The van der Waals surface area contributed by atoms with E-state index in [-0.39, 0.29) is 45.5 Å². The Morgan fingerprint density at radius 3 is 1.11 bits per heavy atom. The first-order valence-electron chi connectivity index (χ1n) is 12.3. The molecule has 4 amide bonds. The highest BCUT2D eigenvalue weighted by Gasteiger charge is 2.18. The van der Waals surface area contributed by atoms with Gasteiger partial charge in [-0.05, 0) is 24.3 Å². The molecular formula is C26H20N8O12. The van der Waals surface area contributed by atoms with Crippen LogP contribution in [0, 0.1) is 40.5 Å². The molecule has 0 aromatic heterocycles. The van der Waals surface area contributed by atoms with Crippen LogP contribution in [0.4, 0.5) is 55.1 Å². The number of hydrogen-bond acceptors (Lipinski definition) is 12. The van der Waals surface area contributed by atoms with Gasteiger partial charge >= 0.3 is 12.1 Å². The van der Waals surface area contributed by atoms with Crippen molar-refractivity contribution >= 4 is 57.6 Å². The lowest BCUT2D eigenvalue weighted by atomic mass is 10.2. The number of benzene rings is 4. The third-order valence-corrected chi connectivity index (χ3v) is 5.58. The molecule has 0 spiro atoms. The number of nitrogens with zero attached hydrogens (tertiary/aromatic N) is 4. The number of non-ortho nitro benzene ring substituents is 2. The van der Waals surface area contributed by atoms with Crippen LogP contribution in [0.15, 0.2) is 84.9 Å². The molecule has 0 aliphatic carbocycles. The lowest BCUT2D eigenvalue weighted by Crippen LogP contribution is -2.20. The molecule has 0 aliphatic rings. The number of nitrogens with one attached hydrogen (secondary N) is 4. The van der Waals surface area contributed by atoms with Gasteiger partial charge in [0.1, 0.15) is 22.9 Å². The molecule has 20 nitrogen and oxygen atoms in total. The Morgan fingerprint density at radius 1 is 0.478 bits per heavy atom. The van der Waals surface area contributed by atoms with Crippen molar-refractivity contribution < 1.29 is 39.5 Å². The van der Waals surface area contributed by atoms with Crippen LogP contribution in [0.25, 0.3) is 0 Å². The number of hydrogen-bond donors (Lipinski definition) is 6. The number of carbonyl (C=O) groups excluding carboxylic acids is 2. The highest BCUT2D eigenvalue weighted by molar-refractivity contribution is 6.02. The molecule has 0 heterocycles. The monoisotopic (exact) mass is 636 g/mol. The molecule has 4 rings (SSSR count). The van der Waals surface area contributed by atoms with Crippen molar-refractivity contribution in [3.8, 4) is 11.5 Å². The molecule has 0 radical (unpaired) electrons. The smallest absolute Gasteiger partial charge is 0.323 e. The molecule has 0 unspecified atom stereocenters. The first kappa shape index (κ1) is 33.1.